The van der Waals surface area contributed by atoms with Crippen LogP contribution in [0.2, 0.25) is 0 Å². The first-order chi connectivity index (χ1) is 20.1. The van der Waals surface area contributed by atoms with Crippen LogP contribution in [0.4, 0.5) is 26.3 Å². The Hall–Kier alpha value is -4.15. The highest BCUT2D eigenvalue weighted by atomic mass is 19.4. The summed E-state index contributed by atoms with van der Waals surface area (Å²) in [6.07, 6.45) is -9.31. The first-order valence-electron chi connectivity index (χ1n) is 13.9. The predicted octanol–water partition coefficient (Wildman–Crippen LogP) is 8.24. The lowest BCUT2D eigenvalue weighted by Crippen LogP contribution is -2.40. The molecule has 0 radical (unpaired) electrons. The normalized spacial score (nSPS) is 13.0. The van der Waals surface area contributed by atoms with Gasteiger partial charge in [-0.1, -0.05) is 52.0 Å². The summed E-state index contributed by atoms with van der Waals surface area (Å²) in [5.74, 6) is -1.12. The fraction of sp³-hybridized carbons (Fsp3) is 0.344. The van der Waals surface area contributed by atoms with Crippen LogP contribution < -0.4 is 5.56 Å². The molecule has 228 valence electrons. The van der Waals surface area contributed by atoms with Crippen molar-refractivity contribution in [2.24, 2.45) is 5.92 Å². The lowest BCUT2D eigenvalue weighted by Gasteiger charge is -2.34. The van der Waals surface area contributed by atoms with Gasteiger partial charge in [-0.25, -0.2) is 4.98 Å². The minimum atomic E-state index is -5.12. The molecule has 4 aromatic rings. The number of aromatic nitrogens is 2. The summed E-state index contributed by atoms with van der Waals surface area (Å²) in [6.45, 7) is 7.21. The molecule has 1 heterocycles. The standard InChI is InChI=1S/C32H31F6N3O2/c1-5-20-11-13-24(14-12-20)41-28(39-26-10-8-7-9-25(26)30(41)43)27(6-2)40(18-19(3)4)29(42)21-15-22(31(33,34)35)17-23(16-21)32(36,37)38/h7-17,19,27H,5-6,18H2,1-4H3. The van der Waals surface area contributed by atoms with E-state index in [9.17, 15) is 35.9 Å². The Balaban J connectivity index is 1.97. The van der Waals surface area contributed by atoms with Crippen LogP contribution in [0.15, 0.2) is 71.5 Å². The van der Waals surface area contributed by atoms with Crippen molar-refractivity contribution in [2.75, 3.05) is 6.54 Å². The number of carbonyl (C=O) groups is 1. The van der Waals surface area contributed by atoms with E-state index in [2.05, 4.69) is 0 Å². The van der Waals surface area contributed by atoms with Crippen molar-refractivity contribution in [3.05, 3.63) is 105 Å². The number of carbonyl (C=O) groups excluding carboxylic acids is 1. The van der Waals surface area contributed by atoms with Crippen LogP contribution in [0.25, 0.3) is 16.6 Å². The van der Waals surface area contributed by atoms with Gasteiger partial charge in [0.05, 0.1) is 33.8 Å². The van der Waals surface area contributed by atoms with Gasteiger partial charge in [0.1, 0.15) is 5.82 Å². The molecule has 0 fully saturated rings. The molecule has 1 unspecified atom stereocenters. The summed E-state index contributed by atoms with van der Waals surface area (Å²) >= 11 is 0. The fourth-order valence-electron chi connectivity index (χ4n) is 5.04. The number of benzene rings is 3. The number of alkyl halides is 6. The maximum Gasteiger partial charge on any atom is 0.416 e. The molecule has 0 saturated heterocycles. The number of nitrogens with zero attached hydrogens (tertiary/aromatic N) is 3. The van der Waals surface area contributed by atoms with E-state index in [-0.39, 0.29) is 30.8 Å². The van der Waals surface area contributed by atoms with Crippen LogP contribution in [0.3, 0.4) is 0 Å². The molecule has 0 saturated carbocycles. The lowest BCUT2D eigenvalue weighted by atomic mass is 10.0. The van der Waals surface area contributed by atoms with Crippen molar-refractivity contribution >= 4 is 16.8 Å². The summed E-state index contributed by atoms with van der Waals surface area (Å²) < 4.78 is 83.2. The van der Waals surface area contributed by atoms with Gasteiger partial charge in [0, 0.05) is 12.1 Å². The minimum Gasteiger partial charge on any atom is -0.328 e. The second-order valence-electron chi connectivity index (χ2n) is 10.7. The SMILES string of the molecule is CCc1ccc(-n2c(C(CC)N(CC(C)C)C(=O)c3cc(C(F)(F)F)cc(C(F)(F)F)c3)nc3ccccc3c2=O)cc1. The van der Waals surface area contributed by atoms with Gasteiger partial charge in [-0.15, -0.1) is 0 Å². The molecule has 0 bridgehead atoms. The van der Waals surface area contributed by atoms with Gasteiger partial charge in [0.2, 0.25) is 0 Å². The highest BCUT2D eigenvalue weighted by molar-refractivity contribution is 5.95. The van der Waals surface area contributed by atoms with Crippen LogP contribution >= 0.6 is 0 Å². The van der Waals surface area contributed by atoms with Gasteiger partial charge in [-0.2, -0.15) is 26.3 Å². The Labute approximate surface area is 244 Å². The topological polar surface area (TPSA) is 55.2 Å². The van der Waals surface area contributed by atoms with Crippen molar-refractivity contribution in [2.45, 2.75) is 58.9 Å². The van der Waals surface area contributed by atoms with E-state index in [1.54, 1.807) is 57.2 Å². The Morgan fingerprint density at radius 2 is 1.47 bits per heavy atom. The molecule has 43 heavy (non-hydrogen) atoms. The monoisotopic (exact) mass is 603 g/mol. The molecule has 4 rings (SSSR count). The third-order valence-corrected chi connectivity index (χ3v) is 7.12. The second kappa shape index (κ2) is 12.2. The van der Waals surface area contributed by atoms with Crippen molar-refractivity contribution in [3.63, 3.8) is 0 Å². The van der Waals surface area contributed by atoms with Crippen LogP contribution in [0.1, 0.15) is 73.0 Å². The highest BCUT2D eigenvalue weighted by Gasteiger charge is 2.39. The number of para-hydroxylation sites is 1. The first-order valence-corrected chi connectivity index (χ1v) is 13.9. The van der Waals surface area contributed by atoms with E-state index in [0.717, 1.165) is 12.0 Å². The lowest BCUT2D eigenvalue weighted by molar-refractivity contribution is -0.143. The summed E-state index contributed by atoms with van der Waals surface area (Å²) in [5, 5.41) is 0.315. The van der Waals surface area contributed by atoms with E-state index in [1.165, 1.54) is 9.47 Å². The molecule has 0 aliphatic rings. The highest BCUT2D eigenvalue weighted by Crippen LogP contribution is 2.37. The van der Waals surface area contributed by atoms with Crippen molar-refractivity contribution in [3.8, 4) is 5.69 Å². The number of amides is 1. The molecule has 0 aliphatic carbocycles. The Bertz CT molecular complexity index is 1640. The summed E-state index contributed by atoms with van der Waals surface area (Å²) in [5.41, 5.74) is -2.52. The molecule has 3 aromatic carbocycles. The van der Waals surface area contributed by atoms with E-state index < -0.39 is 46.6 Å². The Morgan fingerprint density at radius 3 is 1.98 bits per heavy atom. The molecule has 11 heteroatoms. The third kappa shape index (κ3) is 6.76. The number of hydrogen-bond donors (Lipinski definition) is 0. The van der Waals surface area contributed by atoms with Gasteiger partial charge < -0.3 is 4.90 Å². The maximum atomic E-state index is 14.0. The van der Waals surface area contributed by atoms with Gasteiger partial charge in [0.15, 0.2) is 0 Å². The smallest absolute Gasteiger partial charge is 0.328 e. The zero-order valence-electron chi connectivity index (χ0n) is 24.1. The quantitative estimate of drug-likeness (QED) is 0.191. The van der Waals surface area contributed by atoms with Crippen molar-refractivity contribution in [1.29, 1.82) is 0 Å². The number of aryl methyl sites for hydroxylation is 1. The van der Waals surface area contributed by atoms with E-state index in [0.29, 0.717) is 28.7 Å². The molecule has 1 amide bonds. The molecule has 0 N–H and O–H groups in total. The van der Waals surface area contributed by atoms with Crippen molar-refractivity contribution in [1.82, 2.24) is 14.5 Å². The van der Waals surface area contributed by atoms with Gasteiger partial charge >= 0.3 is 12.4 Å². The Kier molecular flexibility index (Phi) is 9.03. The molecule has 0 aliphatic heterocycles. The summed E-state index contributed by atoms with van der Waals surface area (Å²) in [4.78, 5) is 33.8. The van der Waals surface area contributed by atoms with E-state index >= 15 is 0 Å². The molecular formula is C32H31F6N3O2. The second-order valence-corrected chi connectivity index (χ2v) is 10.7. The first kappa shape index (κ1) is 31.8. The number of rotatable bonds is 8. The maximum absolute atomic E-state index is 14.0. The van der Waals surface area contributed by atoms with E-state index in [4.69, 9.17) is 4.98 Å². The number of hydrogen-bond acceptors (Lipinski definition) is 3. The largest absolute Gasteiger partial charge is 0.416 e. The molecule has 5 nitrogen and oxygen atoms in total. The number of fused-ring (bicyclic) bond motifs is 1. The zero-order chi connectivity index (χ0) is 31.7. The van der Waals surface area contributed by atoms with E-state index in [1.807, 2.05) is 19.1 Å². The van der Waals surface area contributed by atoms with Gasteiger partial charge in [-0.3, -0.25) is 14.2 Å². The number of halogens is 6. The molecule has 1 aromatic heterocycles. The van der Waals surface area contributed by atoms with Gasteiger partial charge in [0.25, 0.3) is 11.5 Å². The van der Waals surface area contributed by atoms with Crippen molar-refractivity contribution < 1.29 is 31.1 Å². The van der Waals surface area contributed by atoms with Crippen LogP contribution in [0.5, 0.6) is 0 Å². The molecule has 1 atom stereocenters. The predicted molar refractivity (Wildman–Crippen MR) is 152 cm³/mol. The summed E-state index contributed by atoms with van der Waals surface area (Å²) in [7, 11) is 0. The van der Waals surface area contributed by atoms with Gasteiger partial charge in [-0.05, 0) is 66.8 Å². The van der Waals surface area contributed by atoms with Crippen LogP contribution in [-0.2, 0) is 18.8 Å². The fourth-order valence-corrected chi connectivity index (χ4v) is 5.04. The molecule has 0 spiro atoms. The minimum absolute atomic E-state index is 0.0105. The Morgan fingerprint density at radius 1 is 0.884 bits per heavy atom. The summed E-state index contributed by atoms with van der Waals surface area (Å²) in [6, 6.07) is 13.7. The average molecular weight is 604 g/mol. The third-order valence-electron chi connectivity index (χ3n) is 7.12. The zero-order valence-corrected chi connectivity index (χ0v) is 24.1. The van der Waals surface area contributed by atoms with Crippen LogP contribution in [0, 0.1) is 5.92 Å². The molecular weight excluding hydrogens is 572 g/mol. The average Bonchev–Trinajstić information content (AvgIpc) is 2.95. The van der Waals surface area contributed by atoms with Crippen LogP contribution in [-0.4, -0.2) is 26.9 Å².